The molecule has 0 atom stereocenters. The standard InChI is InChI=1S/C19H10ClF3N2O2S/c20-13-6-5-11(19(21,22)23)8-14(13)24-18-25-15(9-28-18)12-7-10-3-1-2-4-16(10)27-17(12)26/h1-9H,(H,24,25). The van der Waals surface area contributed by atoms with Crippen molar-refractivity contribution in [3.8, 4) is 11.3 Å². The van der Waals surface area contributed by atoms with E-state index in [0.29, 0.717) is 16.4 Å². The molecule has 0 saturated heterocycles. The van der Waals surface area contributed by atoms with Gasteiger partial charge in [0.2, 0.25) is 0 Å². The molecule has 0 spiro atoms. The summed E-state index contributed by atoms with van der Waals surface area (Å²) < 4.78 is 44.0. The number of para-hydroxylation sites is 1. The number of nitrogens with one attached hydrogen (secondary N) is 1. The van der Waals surface area contributed by atoms with Gasteiger partial charge in [-0.15, -0.1) is 11.3 Å². The third-order valence-corrected chi connectivity index (χ3v) is 5.04. The Kier molecular flexibility index (Phi) is 4.60. The van der Waals surface area contributed by atoms with Gasteiger partial charge in [-0.05, 0) is 30.3 Å². The van der Waals surface area contributed by atoms with Crippen molar-refractivity contribution < 1.29 is 17.6 Å². The molecule has 9 heteroatoms. The highest BCUT2D eigenvalue weighted by Gasteiger charge is 2.31. The van der Waals surface area contributed by atoms with Gasteiger partial charge in [-0.3, -0.25) is 0 Å². The van der Waals surface area contributed by atoms with Crippen LogP contribution < -0.4 is 10.9 Å². The number of benzene rings is 2. The molecule has 2 aromatic heterocycles. The molecular formula is C19H10ClF3N2O2S. The van der Waals surface area contributed by atoms with Gasteiger partial charge in [-0.1, -0.05) is 29.8 Å². The van der Waals surface area contributed by atoms with Gasteiger partial charge >= 0.3 is 11.8 Å². The zero-order valence-electron chi connectivity index (χ0n) is 13.9. The molecule has 4 nitrogen and oxygen atoms in total. The summed E-state index contributed by atoms with van der Waals surface area (Å²) in [5, 5.41) is 5.54. The summed E-state index contributed by atoms with van der Waals surface area (Å²) in [6.45, 7) is 0. The van der Waals surface area contributed by atoms with Crippen LogP contribution in [0.15, 0.2) is 63.1 Å². The summed E-state index contributed by atoms with van der Waals surface area (Å²) in [4.78, 5) is 16.5. The quantitative estimate of drug-likeness (QED) is 0.392. The van der Waals surface area contributed by atoms with Crippen LogP contribution in [0.4, 0.5) is 24.0 Å². The summed E-state index contributed by atoms with van der Waals surface area (Å²) in [5.41, 5.74) is -0.226. The topological polar surface area (TPSA) is 55.1 Å². The Morgan fingerprint density at radius 1 is 1.11 bits per heavy atom. The van der Waals surface area contributed by atoms with Gasteiger partial charge in [0.1, 0.15) is 5.58 Å². The molecule has 4 aromatic rings. The highest BCUT2D eigenvalue weighted by Crippen LogP contribution is 2.36. The van der Waals surface area contributed by atoms with E-state index in [-0.39, 0.29) is 16.3 Å². The second kappa shape index (κ2) is 6.96. The molecule has 0 unspecified atom stereocenters. The van der Waals surface area contributed by atoms with Crippen LogP contribution in [-0.4, -0.2) is 4.98 Å². The molecule has 0 saturated carbocycles. The van der Waals surface area contributed by atoms with Crippen LogP contribution in [0.2, 0.25) is 5.02 Å². The van der Waals surface area contributed by atoms with Gasteiger partial charge in [0.25, 0.3) is 0 Å². The fraction of sp³-hybridized carbons (Fsp3) is 0.0526. The first-order chi connectivity index (χ1) is 13.3. The second-order valence-corrected chi connectivity index (χ2v) is 7.11. The van der Waals surface area contributed by atoms with Gasteiger partial charge in [0.15, 0.2) is 5.13 Å². The number of hydrogen-bond donors (Lipinski definition) is 1. The van der Waals surface area contributed by atoms with Gasteiger partial charge in [-0.25, -0.2) is 9.78 Å². The fourth-order valence-electron chi connectivity index (χ4n) is 2.61. The zero-order valence-corrected chi connectivity index (χ0v) is 15.5. The maximum atomic E-state index is 12.9. The van der Waals surface area contributed by atoms with Crippen LogP contribution in [0.5, 0.6) is 0 Å². The van der Waals surface area contributed by atoms with Crippen molar-refractivity contribution in [2.75, 3.05) is 5.32 Å². The van der Waals surface area contributed by atoms with Crippen LogP contribution >= 0.6 is 22.9 Å². The smallest absolute Gasteiger partial charge is 0.416 e. The summed E-state index contributed by atoms with van der Waals surface area (Å²) in [6.07, 6.45) is -4.49. The molecule has 0 aliphatic carbocycles. The Labute approximate surface area is 165 Å². The third-order valence-electron chi connectivity index (χ3n) is 3.96. The minimum Gasteiger partial charge on any atom is -0.422 e. The fourth-order valence-corrected chi connectivity index (χ4v) is 3.50. The maximum Gasteiger partial charge on any atom is 0.416 e. The molecular weight excluding hydrogens is 413 g/mol. The minimum atomic E-state index is -4.49. The molecule has 0 fully saturated rings. The van der Waals surface area contributed by atoms with Gasteiger partial charge in [0, 0.05) is 10.8 Å². The summed E-state index contributed by atoms with van der Waals surface area (Å²) in [6, 6.07) is 11.7. The van der Waals surface area contributed by atoms with Crippen LogP contribution in [0.1, 0.15) is 5.56 Å². The Morgan fingerprint density at radius 3 is 2.68 bits per heavy atom. The number of hydrogen-bond acceptors (Lipinski definition) is 5. The largest absolute Gasteiger partial charge is 0.422 e. The number of thiazole rings is 1. The summed E-state index contributed by atoms with van der Waals surface area (Å²) in [5.74, 6) is 0. The first-order valence-electron chi connectivity index (χ1n) is 7.94. The van der Waals surface area contributed by atoms with Crippen molar-refractivity contribution in [3.05, 3.63) is 74.9 Å². The van der Waals surface area contributed by atoms with Crippen molar-refractivity contribution >= 4 is 44.7 Å². The Morgan fingerprint density at radius 2 is 1.89 bits per heavy atom. The summed E-state index contributed by atoms with van der Waals surface area (Å²) >= 11 is 7.13. The third kappa shape index (κ3) is 3.61. The number of rotatable bonds is 3. The van der Waals surface area contributed by atoms with E-state index in [1.807, 2.05) is 6.07 Å². The van der Waals surface area contributed by atoms with E-state index in [1.54, 1.807) is 29.6 Å². The first kappa shape index (κ1) is 18.5. The van der Waals surface area contributed by atoms with E-state index in [2.05, 4.69) is 10.3 Å². The van der Waals surface area contributed by atoms with Crippen LogP contribution in [-0.2, 0) is 6.18 Å². The Balaban J connectivity index is 1.68. The second-order valence-electron chi connectivity index (χ2n) is 5.84. The maximum absolute atomic E-state index is 12.9. The lowest BCUT2D eigenvalue weighted by atomic mass is 10.1. The number of alkyl halides is 3. The van der Waals surface area contributed by atoms with E-state index in [4.69, 9.17) is 16.0 Å². The molecule has 0 aliphatic heterocycles. The lowest BCUT2D eigenvalue weighted by Crippen LogP contribution is -2.05. The highest BCUT2D eigenvalue weighted by molar-refractivity contribution is 7.14. The molecule has 0 bridgehead atoms. The van der Waals surface area contributed by atoms with Gasteiger partial charge in [-0.2, -0.15) is 13.2 Å². The van der Waals surface area contributed by atoms with Gasteiger partial charge in [0.05, 0.1) is 27.5 Å². The number of halogens is 4. The van der Waals surface area contributed by atoms with Crippen molar-refractivity contribution in [3.63, 3.8) is 0 Å². The lowest BCUT2D eigenvalue weighted by Gasteiger charge is -2.10. The highest BCUT2D eigenvalue weighted by atomic mass is 35.5. The van der Waals surface area contributed by atoms with Crippen LogP contribution in [0, 0.1) is 0 Å². The minimum absolute atomic E-state index is 0.0722. The first-order valence-corrected chi connectivity index (χ1v) is 9.19. The van der Waals surface area contributed by atoms with E-state index in [0.717, 1.165) is 28.9 Å². The van der Waals surface area contributed by atoms with E-state index >= 15 is 0 Å². The average Bonchev–Trinajstić information content (AvgIpc) is 3.10. The molecule has 0 radical (unpaired) electrons. The van der Waals surface area contributed by atoms with Crippen molar-refractivity contribution in [1.29, 1.82) is 0 Å². The summed E-state index contributed by atoms with van der Waals surface area (Å²) in [7, 11) is 0. The molecule has 142 valence electrons. The number of fused-ring (bicyclic) bond motifs is 1. The molecule has 28 heavy (non-hydrogen) atoms. The predicted molar refractivity (Wildman–Crippen MR) is 103 cm³/mol. The van der Waals surface area contributed by atoms with Crippen LogP contribution in [0.3, 0.4) is 0 Å². The molecule has 2 aromatic carbocycles. The van der Waals surface area contributed by atoms with Crippen molar-refractivity contribution in [2.45, 2.75) is 6.18 Å². The van der Waals surface area contributed by atoms with Gasteiger partial charge < -0.3 is 9.73 Å². The molecule has 4 rings (SSSR count). The molecule has 0 aliphatic rings. The Hall–Kier alpha value is -2.84. The van der Waals surface area contributed by atoms with Crippen molar-refractivity contribution in [1.82, 2.24) is 4.98 Å². The molecule has 1 N–H and O–H groups in total. The molecule has 2 heterocycles. The monoisotopic (exact) mass is 422 g/mol. The van der Waals surface area contributed by atoms with E-state index < -0.39 is 17.4 Å². The van der Waals surface area contributed by atoms with Crippen molar-refractivity contribution in [2.24, 2.45) is 0 Å². The number of nitrogens with zero attached hydrogens (tertiary/aromatic N) is 1. The number of anilines is 2. The van der Waals surface area contributed by atoms with E-state index in [9.17, 15) is 18.0 Å². The lowest BCUT2D eigenvalue weighted by molar-refractivity contribution is -0.137. The zero-order chi connectivity index (χ0) is 19.9. The normalized spacial score (nSPS) is 11.7. The Bertz CT molecular complexity index is 1230. The van der Waals surface area contributed by atoms with E-state index in [1.165, 1.54) is 6.07 Å². The SMILES string of the molecule is O=c1oc2ccccc2cc1-c1csc(Nc2cc(C(F)(F)F)ccc2Cl)n1. The average molecular weight is 423 g/mol. The number of aromatic nitrogens is 1. The predicted octanol–water partition coefficient (Wildman–Crippen LogP) is 6.33. The van der Waals surface area contributed by atoms with Crippen LogP contribution in [0.25, 0.3) is 22.2 Å². The molecule has 0 amide bonds.